The Morgan fingerprint density at radius 2 is 1.89 bits per heavy atom. The van der Waals surface area contributed by atoms with Crippen LogP contribution in [0, 0.1) is 11.8 Å². The third kappa shape index (κ3) is 4.35. The molecule has 0 unspecified atom stereocenters. The molecule has 0 atom stereocenters. The fraction of sp³-hybridized carbons (Fsp3) is 0.429. The number of nitrogens with two attached hydrogens (primary N) is 1. The van der Waals surface area contributed by atoms with Gasteiger partial charge in [0.1, 0.15) is 0 Å². The van der Waals surface area contributed by atoms with Gasteiger partial charge in [-0.3, -0.25) is 0 Å². The molecule has 4 nitrogen and oxygen atoms in total. The van der Waals surface area contributed by atoms with Crippen molar-refractivity contribution in [3.8, 4) is 11.8 Å². The van der Waals surface area contributed by atoms with E-state index in [0.29, 0.717) is 5.56 Å². The van der Waals surface area contributed by atoms with Crippen LogP contribution in [0.1, 0.15) is 32.3 Å². The molecule has 0 aliphatic heterocycles. The smallest absolute Gasteiger partial charge is 0.242 e. The summed E-state index contributed by atoms with van der Waals surface area (Å²) < 4.78 is 27.4. The van der Waals surface area contributed by atoms with Crippen LogP contribution in [0.25, 0.3) is 0 Å². The van der Waals surface area contributed by atoms with E-state index in [9.17, 15) is 8.42 Å². The van der Waals surface area contributed by atoms with Gasteiger partial charge in [0.25, 0.3) is 0 Å². The Kier molecular flexibility index (Phi) is 6.03. The number of hydrogen-bond acceptors (Lipinski definition) is 3. The standard InChI is InChI=1S/C14H20N2O2S/c1-3-13(4-2)16-19(17,18)14-10-6-5-8-12(14)9-7-11-15/h5-6,8,10,13,16H,3-4,11,15H2,1-2H3. The van der Waals surface area contributed by atoms with E-state index in [1.165, 1.54) is 0 Å². The number of sulfonamides is 1. The van der Waals surface area contributed by atoms with E-state index in [4.69, 9.17) is 5.73 Å². The summed E-state index contributed by atoms with van der Waals surface area (Å²) in [6.07, 6.45) is 1.51. The molecule has 0 aliphatic rings. The van der Waals surface area contributed by atoms with Crippen LogP contribution < -0.4 is 10.5 Å². The van der Waals surface area contributed by atoms with E-state index in [-0.39, 0.29) is 17.5 Å². The number of hydrogen-bond donors (Lipinski definition) is 2. The van der Waals surface area contributed by atoms with Gasteiger partial charge in [0.05, 0.1) is 11.4 Å². The molecule has 104 valence electrons. The maximum Gasteiger partial charge on any atom is 0.242 e. The van der Waals surface area contributed by atoms with Gasteiger partial charge in [-0.15, -0.1) is 0 Å². The second kappa shape index (κ2) is 7.29. The Hall–Kier alpha value is -1.35. The monoisotopic (exact) mass is 280 g/mol. The van der Waals surface area contributed by atoms with Crippen molar-refractivity contribution < 1.29 is 8.42 Å². The summed E-state index contributed by atoms with van der Waals surface area (Å²) in [6, 6.07) is 6.64. The van der Waals surface area contributed by atoms with E-state index < -0.39 is 10.0 Å². The molecule has 1 rings (SSSR count). The van der Waals surface area contributed by atoms with Crippen LogP contribution in [0.3, 0.4) is 0 Å². The Labute approximate surface area is 115 Å². The molecule has 0 bridgehead atoms. The van der Waals surface area contributed by atoms with Crippen LogP contribution >= 0.6 is 0 Å². The van der Waals surface area contributed by atoms with E-state index in [2.05, 4.69) is 16.6 Å². The lowest BCUT2D eigenvalue weighted by atomic mass is 10.2. The summed E-state index contributed by atoms with van der Waals surface area (Å²) in [7, 11) is -3.54. The molecule has 5 heteroatoms. The predicted octanol–water partition coefficient (Wildman–Crippen LogP) is 1.46. The molecule has 0 amide bonds. The second-order valence-corrected chi connectivity index (χ2v) is 5.82. The lowest BCUT2D eigenvalue weighted by molar-refractivity contribution is 0.530. The fourth-order valence-corrected chi connectivity index (χ4v) is 3.25. The van der Waals surface area contributed by atoms with Crippen molar-refractivity contribution in [1.29, 1.82) is 0 Å². The first-order valence-electron chi connectivity index (χ1n) is 6.35. The zero-order chi connectivity index (χ0) is 14.3. The van der Waals surface area contributed by atoms with Crippen LogP contribution in [-0.4, -0.2) is 21.0 Å². The Bertz CT molecular complexity index is 567. The highest BCUT2D eigenvalue weighted by Gasteiger charge is 2.20. The molecule has 1 aromatic carbocycles. The Morgan fingerprint density at radius 3 is 2.47 bits per heavy atom. The third-order valence-corrected chi connectivity index (χ3v) is 4.39. The molecule has 3 N–H and O–H groups in total. The number of rotatable bonds is 5. The summed E-state index contributed by atoms with van der Waals surface area (Å²) in [6.45, 7) is 4.11. The van der Waals surface area contributed by atoms with E-state index >= 15 is 0 Å². The third-order valence-electron chi connectivity index (χ3n) is 2.81. The highest BCUT2D eigenvalue weighted by atomic mass is 32.2. The first kappa shape index (κ1) is 15.7. The van der Waals surface area contributed by atoms with Crippen LogP contribution in [0.5, 0.6) is 0 Å². The van der Waals surface area contributed by atoms with Crippen LogP contribution in [0.4, 0.5) is 0 Å². The van der Waals surface area contributed by atoms with Crippen LogP contribution in [-0.2, 0) is 10.0 Å². The molecule has 0 aliphatic carbocycles. The molecule has 0 fully saturated rings. The van der Waals surface area contributed by atoms with Gasteiger partial charge in [0.15, 0.2) is 0 Å². The van der Waals surface area contributed by atoms with Gasteiger partial charge >= 0.3 is 0 Å². The maximum absolute atomic E-state index is 12.3. The molecule has 0 aromatic heterocycles. The van der Waals surface area contributed by atoms with Crippen molar-refractivity contribution in [1.82, 2.24) is 4.72 Å². The van der Waals surface area contributed by atoms with Crippen molar-refractivity contribution in [3.63, 3.8) is 0 Å². The first-order chi connectivity index (χ1) is 9.05. The van der Waals surface area contributed by atoms with Crippen molar-refractivity contribution in [2.45, 2.75) is 37.6 Å². The number of nitrogens with one attached hydrogen (secondary N) is 1. The van der Waals surface area contributed by atoms with Gasteiger partial charge in [0, 0.05) is 11.6 Å². The van der Waals surface area contributed by atoms with Crippen molar-refractivity contribution >= 4 is 10.0 Å². The molecular weight excluding hydrogens is 260 g/mol. The minimum absolute atomic E-state index is 0.0551. The van der Waals surface area contributed by atoms with Gasteiger partial charge in [0.2, 0.25) is 10.0 Å². The average Bonchev–Trinajstić information content (AvgIpc) is 2.42. The Balaban J connectivity index is 3.14. The predicted molar refractivity (Wildman–Crippen MR) is 77.1 cm³/mol. The average molecular weight is 280 g/mol. The summed E-state index contributed by atoms with van der Waals surface area (Å²) in [5.74, 6) is 5.48. The second-order valence-electron chi connectivity index (χ2n) is 4.14. The van der Waals surface area contributed by atoms with Gasteiger partial charge in [-0.25, -0.2) is 13.1 Å². The lowest BCUT2D eigenvalue weighted by Crippen LogP contribution is -2.34. The minimum Gasteiger partial charge on any atom is -0.320 e. The maximum atomic E-state index is 12.3. The SMILES string of the molecule is CCC(CC)NS(=O)(=O)c1ccccc1C#CCN. The summed E-state index contributed by atoms with van der Waals surface area (Å²) in [4.78, 5) is 0.211. The first-order valence-corrected chi connectivity index (χ1v) is 7.83. The fourth-order valence-electron chi connectivity index (χ4n) is 1.69. The molecule has 0 spiro atoms. The van der Waals surface area contributed by atoms with Crippen molar-refractivity contribution in [3.05, 3.63) is 29.8 Å². The van der Waals surface area contributed by atoms with Gasteiger partial charge in [-0.1, -0.05) is 37.8 Å². The largest absolute Gasteiger partial charge is 0.320 e. The molecular formula is C14H20N2O2S. The number of benzene rings is 1. The van der Waals surface area contributed by atoms with Gasteiger partial charge < -0.3 is 5.73 Å². The highest BCUT2D eigenvalue weighted by molar-refractivity contribution is 7.89. The normalized spacial score (nSPS) is 11.2. The van der Waals surface area contributed by atoms with E-state index in [1.807, 2.05) is 13.8 Å². The van der Waals surface area contributed by atoms with Crippen molar-refractivity contribution in [2.75, 3.05) is 6.54 Å². The highest BCUT2D eigenvalue weighted by Crippen LogP contribution is 2.15. The van der Waals surface area contributed by atoms with Crippen LogP contribution in [0.2, 0.25) is 0 Å². The summed E-state index contributed by atoms with van der Waals surface area (Å²) in [5, 5.41) is 0. The Morgan fingerprint density at radius 1 is 1.26 bits per heavy atom. The zero-order valence-electron chi connectivity index (χ0n) is 11.3. The molecule has 0 saturated heterocycles. The van der Waals surface area contributed by atoms with Gasteiger partial charge in [-0.2, -0.15) is 0 Å². The molecule has 0 saturated carbocycles. The van der Waals surface area contributed by atoms with Gasteiger partial charge in [-0.05, 0) is 25.0 Å². The van der Waals surface area contributed by atoms with Crippen LogP contribution in [0.15, 0.2) is 29.2 Å². The summed E-state index contributed by atoms with van der Waals surface area (Å²) >= 11 is 0. The quantitative estimate of drug-likeness (QED) is 0.802. The molecule has 0 heterocycles. The summed E-state index contributed by atoms with van der Waals surface area (Å²) in [5.41, 5.74) is 5.80. The zero-order valence-corrected chi connectivity index (χ0v) is 12.1. The van der Waals surface area contributed by atoms with E-state index in [1.54, 1.807) is 24.3 Å². The molecule has 0 radical (unpaired) electrons. The topological polar surface area (TPSA) is 72.2 Å². The minimum atomic E-state index is -3.54. The molecule has 19 heavy (non-hydrogen) atoms. The van der Waals surface area contributed by atoms with E-state index in [0.717, 1.165) is 12.8 Å². The lowest BCUT2D eigenvalue weighted by Gasteiger charge is -2.15. The molecule has 1 aromatic rings. The van der Waals surface area contributed by atoms with Crippen molar-refractivity contribution in [2.24, 2.45) is 5.73 Å².